The Morgan fingerprint density at radius 2 is 1.84 bits per heavy atom. The Kier molecular flexibility index (Phi) is 8.02. The normalized spacial score (nSPS) is 16.4. The molecule has 37 heavy (non-hydrogen) atoms. The van der Waals surface area contributed by atoms with E-state index in [0.717, 1.165) is 35.3 Å². The highest BCUT2D eigenvalue weighted by atomic mass is 35.5. The number of thiophene rings is 1. The lowest BCUT2D eigenvalue weighted by Crippen LogP contribution is -2.52. The number of carbonyl (C=O) groups is 3. The molecule has 0 radical (unpaired) electrons. The van der Waals surface area contributed by atoms with Crippen molar-refractivity contribution >= 4 is 46.3 Å². The summed E-state index contributed by atoms with van der Waals surface area (Å²) in [5, 5.41) is 5.59. The van der Waals surface area contributed by atoms with E-state index < -0.39 is 5.54 Å². The topological polar surface area (TPSA) is 105 Å². The van der Waals surface area contributed by atoms with Crippen LogP contribution in [0.5, 0.6) is 0 Å². The summed E-state index contributed by atoms with van der Waals surface area (Å²) < 4.78 is 0.500. The summed E-state index contributed by atoms with van der Waals surface area (Å²) in [5.41, 5.74) is 8.26. The third-order valence-corrected chi connectivity index (χ3v) is 7.89. The van der Waals surface area contributed by atoms with Gasteiger partial charge in [0.1, 0.15) is 5.54 Å². The van der Waals surface area contributed by atoms with Crippen LogP contribution in [0.15, 0.2) is 60.7 Å². The van der Waals surface area contributed by atoms with Crippen molar-refractivity contribution < 1.29 is 14.4 Å². The largest absolute Gasteiger partial charge is 0.337 e. The molecule has 0 aliphatic carbocycles. The number of benzene rings is 2. The fraction of sp³-hybridized carbons (Fsp3) is 0.321. The van der Waals surface area contributed by atoms with E-state index in [4.69, 9.17) is 17.3 Å². The molecule has 1 aromatic heterocycles. The summed E-state index contributed by atoms with van der Waals surface area (Å²) in [6.45, 7) is 5.76. The van der Waals surface area contributed by atoms with Gasteiger partial charge in [-0.1, -0.05) is 41.9 Å². The van der Waals surface area contributed by atoms with Crippen molar-refractivity contribution in [2.45, 2.75) is 51.2 Å². The quantitative estimate of drug-likeness (QED) is 0.386. The number of anilines is 1. The van der Waals surface area contributed by atoms with Crippen molar-refractivity contribution in [3.8, 4) is 0 Å². The van der Waals surface area contributed by atoms with E-state index in [0.29, 0.717) is 27.0 Å². The van der Waals surface area contributed by atoms with E-state index in [1.165, 1.54) is 0 Å². The second kappa shape index (κ2) is 11.0. The zero-order valence-electron chi connectivity index (χ0n) is 21.1. The smallest absolute Gasteiger partial charge is 0.262 e. The first-order valence-corrected chi connectivity index (χ1v) is 13.4. The first kappa shape index (κ1) is 26.9. The zero-order valence-corrected chi connectivity index (χ0v) is 22.7. The van der Waals surface area contributed by atoms with E-state index in [-0.39, 0.29) is 29.8 Å². The van der Waals surface area contributed by atoms with Crippen LogP contribution < -0.4 is 16.4 Å². The van der Waals surface area contributed by atoms with Gasteiger partial charge in [0.25, 0.3) is 11.8 Å². The monoisotopic (exact) mass is 538 g/mol. The molecule has 4 N–H and O–H groups in total. The van der Waals surface area contributed by atoms with E-state index in [9.17, 15) is 14.4 Å². The summed E-state index contributed by atoms with van der Waals surface area (Å²) >= 11 is 7.06. The number of likely N-dealkylation sites (tertiary alicyclic amines) is 1. The minimum atomic E-state index is -1.17. The van der Waals surface area contributed by atoms with Gasteiger partial charge in [-0.05, 0) is 75.1 Å². The Bertz CT molecular complexity index is 1310. The highest BCUT2D eigenvalue weighted by molar-refractivity contribution is 7.18. The molecule has 0 saturated carbocycles. The minimum absolute atomic E-state index is 0.0635. The van der Waals surface area contributed by atoms with E-state index >= 15 is 0 Å². The number of aryl methyl sites for hydroxylation is 1. The standard InChI is InChI=1S/C28H31ClN4O3S/c1-17-16-19(31-27(36)28(2,3)32-25(34)22-13-14-23(29)37-22)11-12-20(17)26(35)33-15-7-10-21(33)24(30)18-8-5-4-6-9-18/h4-6,8-9,11-14,16,21,24H,7,10,15,30H2,1-3H3,(H,31,36)(H,32,34)/t21-,24?/m1/s1. The van der Waals surface area contributed by atoms with Crippen molar-refractivity contribution in [2.75, 3.05) is 11.9 Å². The van der Waals surface area contributed by atoms with Crippen molar-refractivity contribution in [3.63, 3.8) is 0 Å². The summed E-state index contributed by atoms with van der Waals surface area (Å²) in [6.07, 6.45) is 1.76. The molecule has 194 valence electrons. The average Bonchev–Trinajstić information content (AvgIpc) is 3.53. The van der Waals surface area contributed by atoms with E-state index in [1.54, 1.807) is 44.2 Å². The molecule has 4 rings (SSSR count). The van der Waals surface area contributed by atoms with Crippen LogP contribution in [0.2, 0.25) is 4.34 Å². The highest BCUT2D eigenvalue weighted by Crippen LogP contribution is 2.30. The first-order chi connectivity index (χ1) is 17.6. The maximum absolute atomic E-state index is 13.5. The number of nitrogens with zero attached hydrogens (tertiary/aromatic N) is 1. The molecule has 1 fully saturated rings. The Morgan fingerprint density at radius 1 is 1.11 bits per heavy atom. The number of amides is 3. The van der Waals surface area contributed by atoms with Gasteiger partial charge in [-0.3, -0.25) is 14.4 Å². The fourth-order valence-electron chi connectivity index (χ4n) is 4.58. The number of carbonyl (C=O) groups excluding carboxylic acids is 3. The second-order valence-electron chi connectivity index (χ2n) is 9.81. The molecule has 2 atom stereocenters. The van der Waals surface area contributed by atoms with Gasteiger partial charge in [0.2, 0.25) is 5.91 Å². The Hall–Kier alpha value is -3.20. The molecule has 2 heterocycles. The molecule has 7 nitrogen and oxygen atoms in total. The van der Waals surface area contributed by atoms with Gasteiger partial charge >= 0.3 is 0 Å². The van der Waals surface area contributed by atoms with Crippen LogP contribution in [0.4, 0.5) is 5.69 Å². The first-order valence-electron chi connectivity index (χ1n) is 12.2. The molecule has 0 bridgehead atoms. The lowest BCUT2D eigenvalue weighted by Gasteiger charge is -2.30. The van der Waals surface area contributed by atoms with Crippen LogP contribution in [0, 0.1) is 6.92 Å². The van der Waals surface area contributed by atoms with Gasteiger partial charge in [-0.15, -0.1) is 11.3 Å². The van der Waals surface area contributed by atoms with Crippen LogP contribution >= 0.6 is 22.9 Å². The molecule has 3 amide bonds. The van der Waals surface area contributed by atoms with Crippen LogP contribution in [0.3, 0.4) is 0 Å². The van der Waals surface area contributed by atoms with Crippen LogP contribution in [0.1, 0.15) is 63.9 Å². The van der Waals surface area contributed by atoms with Gasteiger partial charge in [-0.2, -0.15) is 0 Å². The maximum atomic E-state index is 13.5. The summed E-state index contributed by atoms with van der Waals surface area (Å²) in [4.78, 5) is 41.3. The Morgan fingerprint density at radius 3 is 2.49 bits per heavy atom. The van der Waals surface area contributed by atoms with E-state index in [1.807, 2.05) is 42.2 Å². The average molecular weight is 539 g/mol. The lowest BCUT2D eigenvalue weighted by atomic mass is 9.97. The number of hydrogen-bond donors (Lipinski definition) is 3. The van der Waals surface area contributed by atoms with Crippen molar-refractivity contribution in [3.05, 3.63) is 86.6 Å². The van der Waals surface area contributed by atoms with E-state index in [2.05, 4.69) is 10.6 Å². The zero-order chi connectivity index (χ0) is 26.7. The van der Waals surface area contributed by atoms with Crippen molar-refractivity contribution in [2.24, 2.45) is 5.73 Å². The predicted octanol–water partition coefficient (Wildman–Crippen LogP) is 5.16. The molecule has 1 aliphatic rings. The third kappa shape index (κ3) is 6.04. The Labute approximate surface area is 226 Å². The highest BCUT2D eigenvalue weighted by Gasteiger charge is 2.35. The van der Waals surface area contributed by atoms with Crippen molar-refractivity contribution in [1.82, 2.24) is 10.2 Å². The van der Waals surface area contributed by atoms with Gasteiger partial charge < -0.3 is 21.3 Å². The second-order valence-corrected chi connectivity index (χ2v) is 11.5. The minimum Gasteiger partial charge on any atom is -0.337 e. The maximum Gasteiger partial charge on any atom is 0.262 e. The number of halogens is 1. The third-order valence-electron chi connectivity index (χ3n) is 6.66. The van der Waals surface area contributed by atoms with Gasteiger partial charge in [0.15, 0.2) is 0 Å². The molecular formula is C28H31ClN4O3S. The van der Waals surface area contributed by atoms with Crippen LogP contribution in [0.25, 0.3) is 0 Å². The predicted molar refractivity (Wildman–Crippen MR) is 148 cm³/mol. The molecule has 1 aliphatic heterocycles. The SMILES string of the molecule is Cc1cc(NC(=O)C(C)(C)NC(=O)c2ccc(Cl)s2)ccc1C(=O)N1CCC[C@@H]1C(N)c1ccccc1. The number of rotatable bonds is 7. The molecular weight excluding hydrogens is 508 g/mol. The summed E-state index contributed by atoms with van der Waals surface area (Å²) in [5.74, 6) is -0.815. The van der Waals surface area contributed by atoms with Crippen molar-refractivity contribution in [1.29, 1.82) is 0 Å². The number of hydrogen-bond acceptors (Lipinski definition) is 5. The molecule has 0 spiro atoms. The summed E-state index contributed by atoms with van der Waals surface area (Å²) in [7, 11) is 0. The lowest BCUT2D eigenvalue weighted by molar-refractivity contribution is -0.120. The molecule has 9 heteroatoms. The molecule has 2 aromatic carbocycles. The molecule has 3 aromatic rings. The van der Waals surface area contributed by atoms with Crippen LogP contribution in [-0.2, 0) is 4.79 Å². The fourth-order valence-corrected chi connectivity index (χ4v) is 5.52. The van der Waals surface area contributed by atoms with Crippen LogP contribution in [-0.4, -0.2) is 40.7 Å². The van der Waals surface area contributed by atoms with Gasteiger partial charge in [0.05, 0.1) is 21.3 Å². The number of nitrogens with two attached hydrogens (primary N) is 1. The van der Waals surface area contributed by atoms with Gasteiger partial charge in [0, 0.05) is 17.8 Å². The molecule has 1 unspecified atom stereocenters. The summed E-state index contributed by atoms with van der Waals surface area (Å²) in [6, 6.07) is 18.0. The number of nitrogens with one attached hydrogen (secondary N) is 2. The Balaban J connectivity index is 1.43. The van der Waals surface area contributed by atoms with Gasteiger partial charge in [-0.25, -0.2) is 0 Å². The molecule has 1 saturated heterocycles.